The Balaban J connectivity index is 1.66. The number of amides is 1. The van der Waals surface area contributed by atoms with Crippen LogP contribution < -0.4 is 0 Å². The first-order valence-electron chi connectivity index (χ1n) is 8.01. The monoisotopic (exact) mass is 308 g/mol. The third-order valence-electron chi connectivity index (χ3n) is 4.63. The lowest BCUT2D eigenvalue weighted by atomic mass is 10.1. The first-order chi connectivity index (χ1) is 11.1. The number of likely N-dealkylation sites (tertiary alicyclic amines) is 1. The summed E-state index contributed by atoms with van der Waals surface area (Å²) < 4.78 is 1.79. The van der Waals surface area contributed by atoms with E-state index >= 15 is 0 Å². The number of aromatic nitrogens is 3. The Kier molecular flexibility index (Phi) is 3.22. The van der Waals surface area contributed by atoms with Crippen molar-refractivity contribution in [2.24, 2.45) is 7.05 Å². The molecule has 1 aromatic carbocycles. The van der Waals surface area contributed by atoms with Crippen LogP contribution in [0.4, 0.5) is 0 Å². The summed E-state index contributed by atoms with van der Waals surface area (Å²) >= 11 is 0. The molecule has 1 aliphatic heterocycles. The summed E-state index contributed by atoms with van der Waals surface area (Å²) in [5.74, 6) is 0.0743. The standard InChI is InChI=1S/C18H20N4O/c1-12-5-6-15-13(8-12)9-16(20-15)18(23)22-7-3-4-17(22)14-10-19-21(2)11-14/h5-6,8-11,17,20H,3-4,7H2,1-2H3/t17-/m1/s1. The van der Waals surface area contributed by atoms with Gasteiger partial charge in [-0.2, -0.15) is 5.10 Å². The molecule has 5 heteroatoms. The van der Waals surface area contributed by atoms with Crippen LogP contribution in [0.2, 0.25) is 0 Å². The fourth-order valence-corrected chi connectivity index (χ4v) is 3.49. The quantitative estimate of drug-likeness (QED) is 0.790. The zero-order valence-electron chi connectivity index (χ0n) is 13.4. The Morgan fingerprint density at radius 3 is 3.00 bits per heavy atom. The van der Waals surface area contributed by atoms with E-state index in [9.17, 15) is 4.79 Å². The number of nitrogens with one attached hydrogen (secondary N) is 1. The summed E-state index contributed by atoms with van der Waals surface area (Å²) in [5, 5.41) is 5.33. The van der Waals surface area contributed by atoms with Crippen molar-refractivity contribution in [1.29, 1.82) is 0 Å². The Morgan fingerprint density at radius 1 is 1.35 bits per heavy atom. The van der Waals surface area contributed by atoms with Gasteiger partial charge in [-0.05, 0) is 38.0 Å². The third kappa shape index (κ3) is 2.42. The zero-order chi connectivity index (χ0) is 16.0. The van der Waals surface area contributed by atoms with E-state index in [-0.39, 0.29) is 11.9 Å². The smallest absolute Gasteiger partial charge is 0.270 e. The molecule has 3 aromatic rings. The van der Waals surface area contributed by atoms with Gasteiger partial charge in [-0.15, -0.1) is 0 Å². The number of fused-ring (bicyclic) bond motifs is 1. The number of hydrogen-bond donors (Lipinski definition) is 1. The molecule has 1 N–H and O–H groups in total. The number of carbonyl (C=O) groups is 1. The van der Waals surface area contributed by atoms with E-state index in [1.54, 1.807) is 4.68 Å². The lowest BCUT2D eigenvalue weighted by Gasteiger charge is -2.23. The molecule has 0 spiro atoms. The minimum absolute atomic E-state index is 0.0743. The lowest BCUT2D eigenvalue weighted by Crippen LogP contribution is -2.30. The maximum atomic E-state index is 13.0. The fraction of sp³-hybridized carbons (Fsp3) is 0.333. The van der Waals surface area contributed by atoms with Crippen LogP contribution in [0.15, 0.2) is 36.7 Å². The molecule has 4 rings (SSSR count). The van der Waals surface area contributed by atoms with Crippen molar-refractivity contribution in [3.05, 3.63) is 53.5 Å². The van der Waals surface area contributed by atoms with E-state index in [4.69, 9.17) is 0 Å². The number of aryl methyl sites for hydroxylation is 2. The molecular formula is C18H20N4O. The second kappa shape index (κ2) is 5.26. The van der Waals surface area contributed by atoms with E-state index < -0.39 is 0 Å². The SMILES string of the molecule is Cc1ccc2[nH]c(C(=O)N3CCC[C@@H]3c3cnn(C)c3)cc2c1. The molecule has 2 aromatic heterocycles. The third-order valence-corrected chi connectivity index (χ3v) is 4.63. The molecule has 1 fully saturated rings. The normalized spacial score (nSPS) is 18.0. The second-order valence-electron chi connectivity index (χ2n) is 6.38. The molecule has 0 bridgehead atoms. The molecule has 0 saturated carbocycles. The van der Waals surface area contributed by atoms with Crippen molar-refractivity contribution in [2.75, 3.05) is 6.54 Å². The van der Waals surface area contributed by atoms with Crippen molar-refractivity contribution in [3.63, 3.8) is 0 Å². The topological polar surface area (TPSA) is 53.9 Å². The Bertz CT molecular complexity index is 876. The number of aromatic amines is 1. The van der Waals surface area contributed by atoms with Crippen molar-refractivity contribution >= 4 is 16.8 Å². The second-order valence-corrected chi connectivity index (χ2v) is 6.38. The molecule has 0 unspecified atom stereocenters. The first kappa shape index (κ1) is 14.1. The predicted molar refractivity (Wildman–Crippen MR) is 89.3 cm³/mol. The molecular weight excluding hydrogens is 288 g/mol. The van der Waals surface area contributed by atoms with Crippen molar-refractivity contribution in [1.82, 2.24) is 19.7 Å². The van der Waals surface area contributed by atoms with Crippen LogP contribution >= 0.6 is 0 Å². The van der Waals surface area contributed by atoms with Crippen LogP contribution in [0, 0.1) is 6.92 Å². The highest BCUT2D eigenvalue weighted by Gasteiger charge is 2.32. The number of hydrogen-bond acceptors (Lipinski definition) is 2. The van der Waals surface area contributed by atoms with E-state index in [2.05, 4.69) is 29.1 Å². The Hall–Kier alpha value is -2.56. The summed E-state index contributed by atoms with van der Waals surface area (Å²) in [6, 6.07) is 8.28. The van der Waals surface area contributed by atoms with Crippen molar-refractivity contribution in [3.8, 4) is 0 Å². The predicted octanol–water partition coefficient (Wildman–Crippen LogP) is 3.19. The number of H-pyrrole nitrogens is 1. The summed E-state index contributed by atoms with van der Waals surface area (Å²) in [7, 11) is 1.91. The van der Waals surface area contributed by atoms with Gasteiger partial charge in [-0.25, -0.2) is 0 Å². The van der Waals surface area contributed by atoms with E-state index in [0.717, 1.165) is 35.9 Å². The van der Waals surface area contributed by atoms with Gasteiger partial charge in [0.05, 0.1) is 12.2 Å². The Morgan fingerprint density at radius 2 is 2.22 bits per heavy atom. The maximum Gasteiger partial charge on any atom is 0.270 e. The molecule has 3 heterocycles. The van der Waals surface area contributed by atoms with Crippen molar-refractivity contribution < 1.29 is 4.79 Å². The molecule has 1 atom stereocenters. The molecule has 0 aliphatic carbocycles. The highest BCUT2D eigenvalue weighted by molar-refractivity contribution is 5.98. The van der Waals surface area contributed by atoms with Gasteiger partial charge in [-0.3, -0.25) is 9.48 Å². The minimum Gasteiger partial charge on any atom is -0.351 e. The minimum atomic E-state index is 0.0743. The van der Waals surface area contributed by atoms with E-state index in [1.807, 2.05) is 36.5 Å². The highest BCUT2D eigenvalue weighted by Crippen LogP contribution is 2.33. The number of benzene rings is 1. The summed E-state index contributed by atoms with van der Waals surface area (Å²) in [6.45, 7) is 2.86. The van der Waals surface area contributed by atoms with Gasteiger partial charge < -0.3 is 9.88 Å². The van der Waals surface area contributed by atoms with Gasteiger partial charge in [0.2, 0.25) is 0 Å². The number of rotatable bonds is 2. The zero-order valence-corrected chi connectivity index (χ0v) is 13.4. The average Bonchev–Trinajstić information content (AvgIpc) is 3.23. The molecule has 1 amide bonds. The fourth-order valence-electron chi connectivity index (χ4n) is 3.49. The molecule has 1 saturated heterocycles. The number of nitrogens with zero attached hydrogens (tertiary/aromatic N) is 3. The summed E-state index contributed by atoms with van der Waals surface area (Å²) in [6.07, 6.45) is 5.90. The van der Waals surface area contributed by atoms with Crippen LogP contribution in [0.25, 0.3) is 10.9 Å². The van der Waals surface area contributed by atoms with Gasteiger partial charge in [-0.1, -0.05) is 11.6 Å². The van der Waals surface area contributed by atoms with E-state index in [1.165, 1.54) is 5.56 Å². The molecule has 5 nitrogen and oxygen atoms in total. The van der Waals surface area contributed by atoms with Crippen LogP contribution in [0.5, 0.6) is 0 Å². The molecule has 23 heavy (non-hydrogen) atoms. The maximum absolute atomic E-state index is 13.0. The van der Waals surface area contributed by atoms with Gasteiger partial charge >= 0.3 is 0 Å². The van der Waals surface area contributed by atoms with Crippen LogP contribution in [-0.4, -0.2) is 32.1 Å². The lowest BCUT2D eigenvalue weighted by molar-refractivity contribution is 0.0730. The molecule has 118 valence electrons. The van der Waals surface area contributed by atoms with Crippen LogP contribution in [0.3, 0.4) is 0 Å². The highest BCUT2D eigenvalue weighted by atomic mass is 16.2. The first-order valence-corrected chi connectivity index (χ1v) is 8.01. The molecule has 1 aliphatic rings. The molecule has 0 radical (unpaired) electrons. The van der Waals surface area contributed by atoms with Crippen LogP contribution in [-0.2, 0) is 7.05 Å². The number of carbonyl (C=O) groups excluding carboxylic acids is 1. The van der Waals surface area contributed by atoms with Crippen molar-refractivity contribution in [2.45, 2.75) is 25.8 Å². The van der Waals surface area contributed by atoms with Gasteiger partial charge in [0.1, 0.15) is 5.69 Å². The van der Waals surface area contributed by atoms with Gasteiger partial charge in [0.25, 0.3) is 5.91 Å². The average molecular weight is 308 g/mol. The largest absolute Gasteiger partial charge is 0.351 e. The summed E-state index contributed by atoms with van der Waals surface area (Å²) in [5.41, 5.74) is 3.99. The van der Waals surface area contributed by atoms with Gasteiger partial charge in [0.15, 0.2) is 0 Å². The van der Waals surface area contributed by atoms with Crippen LogP contribution in [0.1, 0.15) is 40.5 Å². The Labute approximate surface area is 134 Å². The van der Waals surface area contributed by atoms with E-state index in [0.29, 0.717) is 5.69 Å². The summed E-state index contributed by atoms with van der Waals surface area (Å²) in [4.78, 5) is 18.2. The van der Waals surface area contributed by atoms with Gasteiger partial charge in [0, 0.05) is 36.3 Å².